The van der Waals surface area contributed by atoms with E-state index >= 15 is 0 Å². The fourth-order valence-corrected chi connectivity index (χ4v) is 1.93. The second-order valence-electron chi connectivity index (χ2n) is 4.59. The van der Waals surface area contributed by atoms with Gasteiger partial charge < -0.3 is 9.47 Å². The van der Waals surface area contributed by atoms with Gasteiger partial charge in [0.05, 0.1) is 5.69 Å². The number of fused-ring (bicyclic) bond motifs is 1. The van der Waals surface area contributed by atoms with Crippen molar-refractivity contribution in [2.24, 2.45) is 0 Å². The van der Waals surface area contributed by atoms with Crippen molar-refractivity contribution in [3.8, 4) is 5.75 Å². The lowest BCUT2D eigenvalue weighted by atomic mass is 10.0. The van der Waals surface area contributed by atoms with E-state index in [0.29, 0.717) is 5.75 Å². The molecule has 1 heterocycles. The van der Waals surface area contributed by atoms with E-state index in [0.717, 1.165) is 5.69 Å². The van der Waals surface area contributed by atoms with Crippen molar-refractivity contribution in [1.82, 2.24) is 0 Å². The Morgan fingerprint density at radius 2 is 2.00 bits per heavy atom. The maximum atomic E-state index is 12.3. The quantitative estimate of drug-likeness (QED) is 0.788. The lowest BCUT2D eigenvalue weighted by Gasteiger charge is -2.40. The number of para-hydroxylation sites is 2. The summed E-state index contributed by atoms with van der Waals surface area (Å²) in [6, 6.07) is 7.49. The summed E-state index contributed by atoms with van der Waals surface area (Å²) in [7, 11) is 1.59. The second-order valence-corrected chi connectivity index (χ2v) is 4.59. The van der Waals surface area contributed by atoms with Crippen LogP contribution in [-0.4, -0.2) is 24.8 Å². The molecule has 0 N–H and O–H groups in total. The second kappa shape index (κ2) is 4.04. The fraction of sp³-hybridized carbons (Fsp3) is 0.462. The Balaban J connectivity index is 2.52. The summed E-state index contributed by atoms with van der Waals surface area (Å²) in [5, 5.41) is 0. The molecule has 0 aromatic heterocycles. The van der Waals surface area contributed by atoms with Crippen LogP contribution in [0.5, 0.6) is 5.75 Å². The third-order valence-corrected chi connectivity index (χ3v) is 2.93. The normalized spacial score (nSPS) is 19.5. The van der Waals surface area contributed by atoms with Crippen LogP contribution in [0.15, 0.2) is 24.3 Å². The largest absolute Gasteiger partial charge is 0.476 e. The molecule has 1 aromatic rings. The molecule has 1 aromatic carbocycles. The molecule has 4 heteroatoms. The molecule has 92 valence electrons. The van der Waals surface area contributed by atoms with Gasteiger partial charge in [0.25, 0.3) is 5.91 Å². The molecule has 1 amide bonds. The van der Waals surface area contributed by atoms with E-state index in [9.17, 15) is 4.79 Å². The standard InChI is InChI=1S/C13H17NO3/c1-9(16-4)14-10-7-5-6-8-11(10)17-13(2,3)12(14)15/h5-9H,1-4H3. The summed E-state index contributed by atoms with van der Waals surface area (Å²) in [4.78, 5) is 14.0. The fourth-order valence-electron chi connectivity index (χ4n) is 1.93. The van der Waals surface area contributed by atoms with E-state index in [2.05, 4.69) is 0 Å². The van der Waals surface area contributed by atoms with Gasteiger partial charge in [-0.1, -0.05) is 12.1 Å². The zero-order chi connectivity index (χ0) is 12.6. The summed E-state index contributed by atoms with van der Waals surface area (Å²) in [5.41, 5.74) is -0.104. The molecule has 0 bridgehead atoms. The zero-order valence-electron chi connectivity index (χ0n) is 10.6. The molecule has 0 radical (unpaired) electrons. The molecule has 17 heavy (non-hydrogen) atoms. The van der Waals surface area contributed by atoms with Crippen LogP contribution in [0.3, 0.4) is 0 Å². The Morgan fingerprint density at radius 3 is 2.65 bits per heavy atom. The highest BCUT2D eigenvalue weighted by molar-refractivity contribution is 6.02. The summed E-state index contributed by atoms with van der Waals surface area (Å²) < 4.78 is 11.0. The summed E-state index contributed by atoms with van der Waals surface area (Å²) in [6.45, 7) is 5.37. The van der Waals surface area contributed by atoms with Gasteiger partial charge in [-0.2, -0.15) is 0 Å². The van der Waals surface area contributed by atoms with Crippen LogP contribution in [0.25, 0.3) is 0 Å². The number of hydrogen-bond donors (Lipinski definition) is 0. The molecule has 0 aliphatic carbocycles. The SMILES string of the molecule is COC(C)N1C(=O)C(C)(C)Oc2ccccc21. The maximum Gasteiger partial charge on any atom is 0.272 e. The number of rotatable bonds is 2. The molecular formula is C13H17NO3. The monoisotopic (exact) mass is 235 g/mol. The van der Waals surface area contributed by atoms with Crippen molar-refractivity contribution in [2.75, 3.05) is 12.0 Å². The molecular weight excluding hydrogens is 218 g/mol. The smallest absolute Gasteiger partial charge is 0.272 e. The van der Waals surface area contributed by atoms with Gasteiger partial charge in [0.1, 0.15) is 12.0 Å². The van der Waals surface area contributed by atoms with Crippen LogP contribution in [-0.2, 0) is 9.53 Å². The van der Waals surface area contributed by atoms with Crippen molar-refractivity contribution in [3.63, 3.8) is 0 Å². The number of carbonyl (C=O) groups excluding carboxylic acids is 1. The van der Waals surface area contributed by atoms with Gasteiger partial charge in [0.15, 0.2) is 5.60 Å². The maximum absolute atomic E-state index is 12.3. The summed E-state index contributed by atoms with van der Waals surface area (Å²) in [5.74, 6) is 0.617. The minimum Gasteiger partial charge on any atom is -0.476 e. The van der Waals surface area contributed by atoms with E-state index in [4.69, 9.17) is 9.47 Å². The van der Waals surface area contributed by atoms with E-state index in [-0.39, 0.29) is 12.1 Å². The van der Waals surface area contributed by atoms with Crippen LogP contribution in [0.4, 0.5) is 5.69 Å². The number of ether oxygens (including phenoxy) is 2. The zero-order valence-corrected chi connectivity index (χ0v) is 10.6. The van der Waals surface area contributed by atoms with E-state index < -0.39 is 5.60 Å². The first-order valence-corrected chi connectivity index (χ1v) is 5.62. The lowest BCUT2D eigenvalue weighted by Crippen LogP contribution is -2.55. The van der Waals surface area contributed by atoms with Gasteiger partial charge >= 0.3 is 0 Å². The number of benzene rings is 1. The first kappa shape index (κ1) is 11.9. The first-order valence-electron chi connectivity index (χ1n) is 5.62. The highest BCUT2D eigenvalue weighted by Gasteiger charge is 2.42. The summed E-state index contributed by atoms with van der Waals surface area (Å²) in [6.07, 6.45) is -0.313. The molecule has 0 fully saturated rings. The highest BCUT2D eigenvalue weighted by Crippen LogP contribution is 2.38. The van der Waals surface area contributed by atoms with Gasteiger partial charge in [-0.25, -0.2) is 0 Å². The molecule has 1 aliphatic heterocycles. The number of amides is 1. The molecule has 2 rings (SSSR count). The van der Waals surface area contributed by atoms with Crippen LogP contribution in [0.2, 0.25) is 0 Å². The van der Waals surface area contributed by atoms with Crippen molar-refractivity contribution < 1.29 is 14.3 Å². The number of nitrogens with zero attached hydrogens (tertiary/aromatic N) is 1. The van der Waals surface area contributed by atoms with Crippen LogP contribution < -0.4 is 9.64 Å². The molecule has 1 atom stereocenters. The third kappa shape index (κ3) is 1.89. The molecule has 0 saturated heterocycles. The number of carbonyl (C=O) groups is 1. The molecule has 1 unspecified atom stereocenters. The third-order valence-electron chi connectivity index (χ3n) is 2.93. The Hall–Kier alpha value is -1.55. The lowest BCUT2D eigenvalue weighted by molar-refractivity contribution is -0.135. The average Bonchev–Trinajstić information content (AvgIpc) is 2.29. The van der Waals surface area contributed by atoms with Gasteiger partial charge in [0.2, 0.25) is 0 Å². The first-order chi connectivity index (χ1) is 7.97. The Bertz CT molecular complexity index is 442. The van der Waals surface area contributed by atoms with Crippen LogP contribution >= 0.6 is 0 Å². The van der Waals surface area contributed by atoms with E-state index in [1.807, 2.05) is 31.2 Å². The van der Waals surface area contributed by atoms with Crippen LogP contribution in [0.1, 0.15) is 20.8 Å². The highest BCUT2D eigenvalue weighted by atomic mass is 16.5. The van der Waals surface area contributed by atoms with Gasteiger partial charge in [-0.3, -0.25) is 9.69 Å². The number of anilines is 1. The van der Waals surface area contributed by atoms with Crippen LogP contribution in [0, 0.1) is 0 Å². The Morgan fingerprint density at radius 1 is 1.35 bits per heavy atom. The van der Waals surface area contributed by atoms with Gasteiger partial charge in [-0.05, 0) is 32.9 Å². The van der Waals surface area contributed by atoms with Crippen molar-refractivity contribution in [3.05, 3.63) is 24.3 Å². The minimum absolute atomic E-state index is 0.0921. The van der Waals surface area contributed by atoms with E-state index in [1.165, 1.54) is 0 Å². The van der Waals surface area contributed by atoms with E-state index in [1.54, 1.807) is 25.9 Å². The topological polar surface area (TPSA) is 38.8 Å². The van der Waals surface area contributed by atoms with Crippen molar-refractivity contribution in [1.29, 1.82) is 0 Å². The molecule has 1 aliphatic rings. The predicted molar refractivity (Wildman–Crippen MR) is 65.1 cm³/mol. The molecule has 4 nitrogen and oxygen atoms in total. The number of methoxy groups -OCH3 is 1. The predicted octanol–water partition coefficient (Wildman–Crippen LogP) is 2.18. The van der Waals surface area contributed by atoms with Gasteiger partial charge in [-0.15, -0.1) is 0 Å². The van der Waals surface area contributed by atoms with Crippen molar-refractivity contribution >= 4 is 11.6 Å². The van der Waals surface area contributed by atoms with Gasteiger partial charge in [0, 0.05) is 7.11 Å². The minimum atomic E-state index is -0.860. The summed E-state index contributed by atoms with van der Waals surface area (Å²) >= 11 is 0. The molecule has 0 spiro atoms. The Labute approximate surface area is 101 Å². The molecule has 0 saturated carbocycles. The Kier molecular flexibility index (Phi) is 2.83. The number of hydrogen-bond acceptors (Lipinski definition) is 3. The average molecular weight is 235 g/mol. The van der Waals surface area contributed by atoms with Crippen molar-refractivity contribution in [2.45, 2.75) is 32.6 Å².